The standard InChI is InChI=1S/C16H18Br2N2/c1-2-19-10-13(12-4-3-5-14(17)8-12)9-16-7-6-15(18)11-20-16/h3-8,11,13,19H,2,9-10H2,1H3. The highest BCUT2D eigenvalue weighted by atomic mass is 79.9. The Bertz CT molecular complexity index is 540. The van der Waals surface area contributed by atoms with Crippen molar-refractivity contribution in [1.82, 2.24) is 10.3 Å². The van der Waals surface area contributed by atoms with Gasteiger partial charge in [-0.05, 0) is 58.7 Å². The summed E-state index contributed by atoms with van der Waals surface area (Å²) in [6.07, 6.45) is 2.80. The third-order valence-corrected chi connectivity index (χ3v) is 4.17. The first-order valence-electron chi connectivity index (χ1n) is 6.75. The van der Waals surface area contributed by atoms with E-state index in [0.29, 0.717) is 5.92 Å². The second kappa shape index (κ2) is 7.91. The summed E-state index contributed by atoms with van der Waals surface area (Å²) in [6.45, 7) is 4.08. The van der Waals surface area contributed by atoms with Crippen LogP contribution in [0.1, 0.15) is 24.1 Å². The van der Waals surface area contributed by atoms with E-state index in [9.17, 15) is 0 Å². The van der Waals surface area contributed by atoms with Crippen LogP contribution in [-0.2, 0) is 6.42 Å². The fraction of sp³-hybridized carbons (Fsp3) is 0.312. The molecule has 1 heterocycles. The highest BCUT2D eigenvalue weighted by molar-refractivity contribution is 9.10. The minimum Gasteiger partial charge on any atom is -0.316 e. The monoisotopic (exact) mass is 396 g/mol. The van der Waals surface area contributed by atoms with Gasteiger partial charge in [-0.1, -0.05) is 35.0 Å². The number of pyridine rings is 1. The van der Waals surface area contributed by atoms with Crippen molar-refractivity contribution in [2.24, 2.45) is 0 Å². The smallest absolute Gasteiger partial charge is 0.0413 e. The molecular weight excluding hydrogens is 380 g/mol. The van der Waals surface area contributed by atoms with Crippen molar-refractivity contribution in [1.29, 1.82) is 0 Å². The van der Waals surface area contributed by atoms with Crippen LogP contribution in [0.4, 0.5) is 0 Å². The van der Waals surface area contributed by atoms with E-state index in [1.54, 1.807) is 0 Å². The van der Waals surface area contributed by atoms with Crippen LogP contribution in [0.2, 0.25) is 0 Å². The van der Waals surface area contributed by atoms with E-state index < -0.39 is 0 Å². The van der Waals surface area contributed by atoms with E-state index in [4.69, 9.17) is 0 Å². The third kappa shape index (κ3) is 4.69. The van der Waals surface area contributed by atoms with E-state index in [-0.39, 0.29) is 0 Å². The zero-order chi connectivity index (χ0) is 14.4. The Balaban J connectivity index is 2.16. The van der Waals surface area contributed by atoms with Crippen LogP contribution in [0.5, 0.6) is 0 Å². The van der Waals surface area contributed by atoms with Crippen LogP contribution in [0.25, 0.3) is 0 Å². The first kappa shape index (κ1) is 15.7. The topological polar surface area (TPSA) is 24.9 Å². The molecule has 106 valence electrons. The molecule has 20 heavy (non-hydrogen) atoms. The molecule has 1 atom stereocenters. The fourth-order valence-corrected chi connectivity index (χ4v) is 2.82. The summed E-state index contributed by atoms with van der Waals surface area (Å²) < 4.78 is 2.15. The number of hydrogen-bond donors (Lipinski definition) is 1. The Labute approximate surface area is 137 Å². The molecule has 0 aliphatic rings. The number of benzene rings is 1. The lowest BCUT2D eigenvalue weighted by atomic mass is 9.94. The van der Waals surface area contributed by atoms with Gasteiger partial charge in [0.15, 0.2) is 0 Å². The number of aromatic nitrogens is 1. The van der Waals surface area contributed by atoms with Gasteiger partial charge in [0.05, 0.1) is 0 Å². The van der Waals surface area contributed by atoms with Crippen molar-refractivity contribution in [3.05, 3.63) is 62.8 Å². The molecule has 1 N–H and O–H groups in total. The van der Waals surface area contributed by atoms with Gasteiger partial charge in [0.1, 0.15) is 0 Å². The summed E-state index contributed by atoms with van der Waals surface area (Å²) in [5.74, 6) is 0.432. The van der Waals surface area contributed by atoms with Crippen molar-refractivity contribution in [3.63, 3.8) is 0 Å². The number of nitrogens with one attached hydrogen (secondary N) is 1. The summed E-state index contributed by atoms with van der Waals surface area (Å²) in [5.41, 5.74) is 2.46. The van der Waals surface area contributed by atoms with Crippen molar-refractivity contribution in [3.8, 4) is 0 Å². The van der Waals surface area contributed by atoms with Gasteiger partial charge in [-0.3, -0.25) is 4.98 Å². The molecule has 0 saturated heterocycles. The summed E-state index contributed by atoms with van der Waals surface area (Å²) in [4.78, 5) is 4.49. The lowest BCUT2D eigenvalue weighted by Crippen LogP contribution is -2.23. The van der Waals surface area contributed by atoms with E-state index in [1.807, 2.05) is 12.3 Å². The molecule has 1 aromatic carbocycles. The van der Waals surface area contributed by atoms with Crippen LogP contribution >= 0.6 is 31.9 Å². The largest absolute Gasteiger partial charge is 0.316 e. The van der Waals surface area contributed by atoms with Crippen LogP contribution in [0, 0.1) is 0 Å². The number of nitrogens with zero attached hydrogens (tertiary/aromatic N) is 1. The summed E-state index contributed by atoms with van der Waals surface area (Å²) in [7, 11) is 0. The second-order valence-corrected chi connectivity index (χ2v) is 6.56. The first-order valence-corrected chi connectivity index (χ1v) is 8.34. The van der Waals surface area contributed by atoms with Gasteiger partial charge in [-0.2, -0.15) is 0 Å². The number of rotatable bonds is 6. The predicted molar refractivity (Wildman–Crippen MR) is 91.1 cm³/mol. The lowest BCUT2D eigenvalue weighted by molar-refractivity contribution is 0.589. The minimum absolute atomic E-state index is 0.432. The quantitative estimate of drug-likeness (QED) is 0.773. The van der Waals surface area contributed by atoms with Gasteiger partial charge < -0.3 is 5.32 Å². The predicted octanol–water partition coefficient (Wildman–Crippen LogP) is 4.54. The Hall–Kier alpha value is -0.710. The Morgan fingerprint density at radius 2 is 2.00 bits per heavy atom. The van der Waals surface area contributed by atoms with Gasteiger partial charge in [-0.25, -0.2) is 0 Å². The number of halogens is 2. The molecule has 0 fully saturated rings. The molecule has 0 amide bonds. The highest BCUT2D eigenvalue weighted by Crippen LogP contribution is 2.23. The Kier molecular flexibility index (Phi) is 6.20. The van der Waals surface area contributed by atoms with Crippen molar-refractivity contribution in [2.45, 2.75) is 19.3 Å². The minimum atomic E-state index is 0.432. The van der Waals surface area contributed by atoms with Gasteiger partial charge in [0, 0.05) is 33.3 Å². The maximum Gasteiger partial charge on any atom is 0.0413 e. The molecule has 2 nitrogen and oxygen atoms in total. The molecule has 2 rings (SSSR count). The van der Waals surface area contributed by atoms with E-state index in [0.717, 1.165) is 34.1 Å². The average molecular weight is 398 g/mol. The third-order valence-electron chi connectivity index (χ3n) is 3.20. The Morgan fingerprint density at radius 3 is 2.65 bits per heavy atom. The van der Waals surface area contributed by atoms with Crippen LogP contribution < -0.4 is 5.32 Å². The normalized spacial score (nSPS) is 12.3. The molecule has 2 aromatic rings. The van der Waals surface area contributed by atoms with Crippen LogP contribution in [0.15, 0.2) is 51.5 Å². The van der Waals surface area contributed by atoms with Gasteiger partial charge in [-0.15, -0.1) is 0 Å². The van der Waals surface area contributed by atoms with Gasteiger partial charge >= 0.3 is 0 Å². The van der Waals surface area contributed by atoms with E-state index in [2.05, 4.69) is 79.4 Å². The molecule has 0 aliphatic carbocycles. The number of hydrogen-bond acceptors (Lipinski definition) is 2. The van der Waals surface area contributed by atoms with E-state index >= 15 is 0 Å². The van der Waals surface area contributed by atoms with Crippen molar-refractivity contribution >= 4 is 31.9 Å². The van der Waals surface area contributed by atoms with E-state index in [1.165, 1.54) is 5.56 Å². The molecule has 0 spiro atoms. The second-order valence-electron chi connectivity index (χ2n) is 4.73. The van der Waals surface area contributed by atoms with Crippen molar-refractivity contribution in [2.75, 3.05) is 13.1 Å². The molecule has 0 bridgehead atoms. The molecule has 0 saturated carbocycles. The maximum absolute atomic E-state index is 4.49. The SMILES string of the molecule is CCNCC(Cc1ccc(Br)cn1)c1cccc(Br)c1. The highest BCUT2D eigenvalue weighted by Gasteiger charge is 2.13. The average Bonchev–Trinajstić information content (AvgIpc) is 2.45. The molecule has 1 aromatic heterocycles. The maximum atomic E-state index is 4.49. The van der Waals surface area contributed by atoms with Crippen molar-refractivity contribution < 1.29 is 0 Å². The molecule has 0 radical (unpaired) electrons. The van der Waals surface area contributed by atoms with Crippen LogP contribution in [0.3, 0.4) is 0 Å². The summed E-state index contributed by atoms with van der Waals surface area (Å²) in [5, 5.41) is 3.45. The summed E-state index contributed by atoms with van der Waals surface area (Å²) in [6, 6.07) is 12.7. The Morgan fingerprint density at radius 1 is 1.15 bits per heavy atom. The fourth-order valence-electron chi connectivity index (χ4n) is 2.17. The molecular formula is C16H18Br2N2. The zero-order valence-corrected chi connectivity index (χ0v) is 14.6. The zero-order valence-electron chi connectivity index (χ0n) is 11.4. The lowest BCUT2D eigenvalue weighted by Gasteiger charge is -2.18. The molecule has 1 unspecified atom stereocenters. The van der Waals surface area contributed by atoms with Gasteiger partial charge in [0.25, 0.3) is 0 Å². The number of likely N-dealkylation sites (N-methyl/N-ethyl adjacent to an activating group) is 1. The molecule has 0 aliphatic heterocycles. The van der Waals surface area contributed by atoms with Gasteiger partial charge in [0.2, 0.25) is 0 Å². The molecule has 4 heteroatoms. The first-order chi connectivity index (χ1) is 9.69. The summed E-state index contributed by atoms with van der Waals surface area (Å²) >= 11 is 6.98. The van der Waals surface area contributed by atoms with Crippen LogP contribution in [-0.4, -0.2) is 18.1 Å².